The minimum absolute atomic E-state index is 0.0537. The average molecular weight is 529 g/mol. The number of anilines is 1. The predicted octanol–water partition coefficient (Wildman–Crippen LogP) is 4.48. The number of carbonyl (C=O) groups excluding carboxylic acids is 2. The minimum atomic E-state index is -3.82. The van der Waals surface area contributed by atoms with Gasteiger partial charge in [0.2, 0.25) is 21.8 Å². The van der Waals surface area contributed by atoms with Crippen molar-refractivity contribution in [2.75, 3.05) is 17.1 Å². The van der Waals surface area contributed by atoms with Gasteiger partial charge in [0.15, 0.2) is 0 Å². The molecule has 0 spiro atoms. The quantitative estimate of drug-likeness (QED) is 0.466. The van der Waals surface area contributed by atoms with Gasteiger partial charge in [0.25, 0.3) is 0 Å². The first-order valence-corrected chi connectivity index (χ1v) is 13.6. The largest absolute Gasteiger partial charge is 0.352 e. The molecule has 0 fully saturated rings. The molecule has 0 aliphatic rings. The van der Waals surface area contributed by atoms with Crippen LogP contribution in [0.3, 0.4) is 0 Å². The number of benzene rings is 2. The number of carbonyl (C=O) groups is 2. The highest BCUT2D eigenvalue weighted by Gasteiger charge is 2.32. The second-order valence-electron chi connectivity index (χ2n) is 8.10. The Morgan fingerprint density at radius 3 is 2.26 bits per heavy atom. The summed E-state index contributed by atoms with van der Waals surface area (Å²) in [5, 5.41) is 3.71. The van der Waals surface area contributed by atoms with Crippen molar-refractivity contribution in [2.24, 2.45) is 0 Å². The lowest BCUT2D eigenvalue weighted by atomic mass is 10.1. The van der Waals surface area contributed by atoms with Crippen LogP contribution in [0, 0.1) is 0 Å². The van der Waals surface area contributed by atoms with E-state index in [-0.39, 0.29) is 24.2 Å². The van der Waals surface area contributed by atoms with Gasteiger partial charge in [-0.1, -0.05) is 61.3 Å². The van der Waals surface area contributed by atoms with E-state index in [0.717, 1.165) is 17.0 Å². The minimum Gasteiger partial charge on any atom is -0.352 e. The number of nitrogens with zero attached hydrogens (tertiary/aromatic N) is 2. The molecule has 0 bridgehead atoms. The van der Waals surface area contributed by atoms with Crippen molar-refractivity contribution >= 4 is 50.7 Å². The van der Waals surface area contributed by atoms with Gasteiger partial charge in [0.05, 0.1) is 11.9 Å². The summed E-state index contributed by atoms with van der Waals surface area (Å²) >= 11 is 12.4. The van der Waals surface area contributed by atoms with E-state index in [4.69, 9.17) is 23.2 Å². The predicted molar refractivity (Wildman–Crippen MR) is 138 cm³/mol. The summed E-state index contributed by atoms with van der Waals surface area (Å²) in [5.41, 5.74) is 0.916. The van der Waals surface area contributed by atoms with Gasteiger partial charge >= 0.3 is 0 Å². The van der Waals surface area contributed by atoms with Crippen LogP contribution < -0.4 is 9.62 Å². The maximum atomic E-state index is 13.6. The zero-order valence-electron chi connectivity index (χ0n) is 19.8. The fraction of sp³-hybridized carbons (Fsp3) is 0.417. The van der Waals surface area contributed by atoms with E-state index in [0.29, 0.717) is 22.0 Å². The van der Waals surface area contributed by atoms with Crippen LogP contribution in [0.4, 0.5) is 5.69 Å². The van der Waals surface area contributed by atoms with Crippen molar-refractivity contribution in [3.05, 3.63) is 64.1 Å². The monoisotopic (exact) mass is 527 g/mol. The summed E-state index contributed by atoms with van der Waals surface area (Å²) in [6.07, 6.45) is 2.10. The molecule has 1 N–H and O–H groups in total. The van der Waals surface area contributed by atoms with Crippen LogP contribution in [0.25, 0.3) is 0 Å². The summed E-state index contributed by atoms with van der Waals surface area (Å²) in [7, 11) is -3.82. The van der Waals surface area contributed by atoms with Gasteiger partial charge in [0, 0.05) is 22.6 Å². The molecule has 0 unspecified atom stereocenters. The van der Waals surface area contributed by atoms with E-state index in [1.165, 1.54) is 11.0 Å². The number of halogens is 2. The van der Waals surface area contributed by atoms with Gasteiger partial charge in [-0.05, 0) is 49.6 Å². The maximum absolute atomic E-state index is 13.6. The number of rotatable bonds is 11. The number of sulfonamides is 1. The molecule has 0 aromatic heterocycles. The van der Waals surface area contributed by atoms with E-state index in [1.807, 2.05) is 13.8 Å². The van der Waals surface area contributed by atoms with Crippen molar-refractivity contribution < 1.29 is 18.0 Å². The number of amides is 2. The van der Waals surface area contributed by atoms with Gasteiger partial charge in [-0.2, -0.15) is 0 Å². The standard InChI is InChI=1S/C24H31Cl2N3O4S/c1-5-17(3)27-24(31)22(6-2)28(15-18-10-7-8-13-21(18)26)23(30)16-29(34(4,32)33)20-12-9-11-19(25)14-20/h7-14,17,22H,5-6,15-16H2,1-4H3,(H,27,31)/t17-,22-/m0/s1. The molecular weight excluding hydrogens is 497 g/mol. The lowest BCUT2D eigenvalue weighted by molar-refractivity contribution is -0.140. The van der Waals surface area contributed by atoms with E-state index >= 15 is 0 Å². The molecule has 186 valence electrons. The van der Waals surface area contributed by atoms with Gasteiger partial charge in [0.1, 0.15) is 12.6 Å². The van der Waals surface area contributed by atoms with Crippen LogP contribution in [-0.4, -0.2) is 50.0 Å². The zero-order valence-corrected chi connectivity index (χ0v) is 22.1. The molecule has 2 aromatic rings. The smallest absolute Gasteiger partial charge is 0.244 e. The highest BCUT2D eigenvalue weighted by Crippen LogP contribution is 2.24. The first-order valence-electron chi connectivity index (χ1n) is 11.0. The molecule has 7 nitrogen and oxygen atoms in total. The van der Waals surface area contributed by atoms with Crippen LogP contribution in [0.15, 0.2) is 48.5 Å². The first-order chi connectivity index (χ1) is 16.0. The highest BCUT2D eigenvalue weighted by molar-refractivity contribution is 7.92. The van der Waals surface area contributed by atoms with Crippen LogP contribution in [0.5, 0.6) is 0 Å². The summed E-state index contributed by atoms with van der Waals surface area (Å²) in [6, 6.07) is 12.4. The van der Waals surface area contributed by atoms with Gasteiger partial charge in [-0.3, -0.25) is 13.9 Å². The van der Waals surface area contributed by atoms with Crippen molar-refractivity contribution in [3.63, 3.8) is 0 Å². The fourth-order valence-corrected chi connectivity index (χ4v) is 4.64. The van der Waals surface area contributed by atoms with Crippen LogP contribution in [0.2, 0.25) is 10.0 Å². The molecule has 2 amide bonds. The van der Waals surface area contributed by atoms with Gasteiger partial charge in [-0.25, -0.2) is 8.42 Å². The number of hydrogen-bond acceptors (Lipinski definition) is 4. The zero-order chi connectivity index (χ0) is 25.5. The van der Waals surface area contributed by atoms with E-state index in [2.05, 4.69) is 5.32 Å². The third kappa shape index (κ3) is 7.61. The molecule has 10 heteroatoms. The van der Waals surface area contributed by atoms with Crippen LogP contribution >= 0.6 is 23.2 Å². The molecule has 2 atom stereocenters. The highest BCUT2D eigenvalue weighted by atomic mass is 35.5. The van der Waals surface area contributed by atoms with Gasteiger partial charge < -0.3 is 10.2 Å². The topological polar surface area (TPSA) is 86.8 Å². The lowest BCUT2D eigenvalue weighted by Gasteiger charge is -2.33. The Hall–Kier alpha value is -2.29. The van der Waals surface area contributed by atoms with E-state index < -0.39 is 28.5 Å². The summed E-state index contributed by atoms with van der Waals surface area (Å²) in [4.78, 5) is 28.1. The van der Waals surface area contributed by atoms with E-state index in [9.17, 15) is 18.0 Å². The Balaban J connectivity index is 2.45. The molecule has 0 aliphatic carbocycles. The molecule has 2 rings (SSSR count). The third-order valence-electron chi connectivity index (χ3n) is 5.46. The van der Waals surface area contributed by atoms with Crippen molar-refractivity contribution in [1.82, 2.24) is 10.2 Å². The van der Waals surface area contributed by atoms with Crippen molar-refractivity contribution in [2.45, 2.75) is 52.2 Å². The molecule has 0 aliphatic heterocycles. The Kier molecular flexibility index (Phi) is 10.2. The molecule has 0 saturated heterocycles. The normalized spacial score (nSPS) is 13.1. The van der Waals surface area contributed by atoms with Crippen LogP contribution in [0.1, 0.15) is 39.2 Å². The Labute approximate surface area is 212 Å². The molecule has 0 radical (unpaired) electrons. The maximum Gasteiger partial charge on any atom is 0.244 e. The van der Waals surface area contributed by atoms with Gasteiger partial charge in [-0.15, -0.1) is 0 Å². The lowest BCUT2D eigenvalue weighted by Crippen LogP contribution is -2.53. The number of nitrogens with one attached hydrogen (secondary N) is 1. The Morgan fingerprint density at radius 2 is 1.71 bits per heavy atom. The Morgan fingerprint density at radius 1 is 1.03 bits per heavy atom. The second kappa shape index (κ2) is 12.4. The third-order valence-corrected chi connectivity index (χ3v) is 7.21. The summed E-state index contributed by atoms with van der Waals surface area (Å²) in [6.45, 7) is 5.21. The summed E-state index contributed by atoms with van der Waals surface area (Å²) in [5.74, 6) is -0.831. The van der Waals surface area contributed by atoms with Crippen molar-refractivity contribution in [3.8, 4) is 0 Å². The molecule has 34 heavy (non-hydrogen) atoms. The SMILES string of the molecule is CC[C@H](C)NC(=O)[C@H](CC)N(Cc1ccccc1Cl)C(=O)CN(c1cccc(Cl)c1)S(C)(=O)=O. The number of hydrogen-bond donors (Lipinski definition) is 1. The first kappa shape index (κ1) is 28.0. The fourth-order valence-electron chi connectivity index (χ4n) is 3.42. The second-order valence-corrected chi connectivity index (χ2v) is 10.9. The molecule has 0 heterocycles. The molecular formula is C24H31Cl2N3O4S. The molecule has 0 saturated carbocycles. The van der Waals surface area contributed by atoms with E-state index in [1.54, 1.807) is 49.4 Å². The Bertz CT molecular complexity index is 1110. The summed E-state index contributed by atoms with van der Waals surface area (Å²) < 4.78 is 26.2. The average Bonchev–Trinajstić information content (AvgIpc) is 2.77. The van der Waals surface area contributed by atoms with Crippen LogP contribution in [-0.2, 0) is 26.2 Å². The van der Waals surface area contributed by atoms with Crippen molar-refractivity contribution in [1.29, 1.82) is 0 Å². The molecule has 2 aromatic carbocycles.